The molecule has 4 nitrogen and oxygen atoms in total. The first-order valence-electron chi connectivity index (χ1n) is 3.53. The molecule has 0 aliphatic carbocycles. The van der Waals surface area contributed by atoms with Crippen LogP contribution >= 0.6 is 0 Å². The van der Waals surface area contributed by atoms with Gasteiger partial charge >= 0.3 is 5.69 Å². The minimum absolute atomic E-state index is 0.00194. The third-order valence-electron chi connectivity index (χ3n) is 1.81. The van der Waals surface area contributed by atoms with Crippen LogP contribution in [0.5, 0.6) is 0 Å². The molecule has 1 aromatic rings. The highest BCUT2D eigenvalue weighted by Gasteiger charge is 2.03. The number of rotatable bonds is 2. The molecular formula is C7H12N2O2. The molecule has 0 aliphatic heterocycles. The zero-order valence-corrected chi connectivity index (χ0v) is 6.72. The smallest absolute Gasteiger partial charge is 0.325 e. The monoisotopic (exact) mass is 156 g/mol. The van der Waals surface area contributed by atoms with E-state index in [4.69, 9.17) is 5.11 Å². The van der Waals surface area contributed by atoms with Crippen LogP contribution in [0.15, 0.2) is 4.79 Å². The minimum Gasteiger partial charge on any atom is -0.395 e. The number of hydrogen-bond donors (Lipinski definition) is 2. The Hall–Kier alpha value is -1.03. The van der Waals surface area contributed by atoms with Gasteiger partial charge in [0.1, 0.15) is 0 Å². The average Bonchev–Trinajstić information content (AvgIpc) is 2.17. The summed E-state index contributed by atoms with van der Waals surface area (Å²) in [6.07, 6.45) is 0. The fourth-order valence-corrected chi connectivity index (χ4v) is 1.04. The first kappa shape index (κ1) is 8.07. The highest BCUT2D eigenvalue weighted by molar-refractivity contribution is 5.08. The predicted octanol–water partition coefficient (Wildman–Crippen LogP) is -0.214. The van der Waals surface area contributed by atoms with Crippen LogP contribution in [0.1, 0.15) is 11.4 Å². The van der Waals surface area contributed by atoms with Crippen molar-refractivity contribution >= 4 is 0 Å². The average molecular weight is 156 g/mol. The van der Waals surface area contributed by atoms with Crippen LogP contribution in [0.2, 0.25) is 0 Å². The number of aromatic amines is 1. The van der Waals surface area contributed by atoms with Crippen LogP contribution < -0.4 is 5.69 Å². The summed E-state index contributed by atoms with van der Waals surface area (Å²) in [5.74, 6) is 0. The molecule has 0 amide bonds. The number of hydrogen-bond acceptors (Lipinski definition) is 2. The first-order chi connectivity index (χ1) is 5.16. The lowest BCUT2D eigenvalue weighted by Crippen LogP contribution is -2.19. The van der Waals surface area contributed by atoms with Crippen LogP contribution in [0.4, 0.5) is 0 Å². The van der Waals surface area contributed by atoms with Crippen molar-refractivity contribution < 1.29 is 5.11 Å². The number of aliphatic hydroxyl groups is 1. The molecule has 0 bridgehead atoms. The molecule has 4 heteroatoms. The maximum Gasteiger partial charge on any atom is 0.325 e. The summed E-state index contributed by atoms with van der Waals surface area (Å²) in [7, 11) is 0. The Labute approximate surface area is 64.5 Å². The second kappa shape index (κ2) is 2.92. The first-order valence-corrected chi connectivity index (χ1v) is 3.53. The molecule has 0 unspecified atom stereocenters. The molecule has 0 spiro atoms. The highest BCUT2D eigenvalue weighted by Crippen LogP contribution is 1.98. The second-order valence-electron chi connectivity index (χ2n) is 2.52. The Morgan fingerprint density at radius 1 is 1.55 bits per heavy atom. The number of nitrogens with one attached hydrogen (secondary N) is 1. The molecular weight excluding hydrogens is 144 g/mol. The number of aromatic nitrogens is 2. The summed E-state index contributed by atoms with van der Waals surface area (Å²) in [5, 5.41) is 8.60. The van der Waals surface area contributed by atoms with E-state index >= 15 is 0 Å². The van der Waals surface area contributed by atoms with Gasteiger partial charge < -0.3 is 10.1 Å². The molecule has 0 atom stereocenters. The van der Waals surface area contributed by atoms with Crippen LogP contribution in [0.3, 0.4) is 0 Å². The molecule has 0 radical (unpaired) electrons. The normalized spacial score (nSPS) is 10.5. The molecule has 0 saturated carbocycles. The molecule has 0 aromatic carbocycles. The van der Waals surface area contributed by atoms with E-state index in [0.29, 0.717) is 6.54 Å². The number of aliphatic hydroxyl groups excluding tert-OH is 1. The maximum atomic E-state index is 11.0. The van der Waals surface area contributed by atoms with Crippen molar-refractivity contribution in [2.24, 2.45) is 0 Å². The molecule has 0 saturated heterocycles. The fraction of sp³-hybridized carbons (Fsp3) is 0.571. The van der Waals surface area contributed by atoms with Crippen LogP contribution in [0.25, 0.3) is 0 Å². The zero-order chi connectivity index (χ0) is 8.43. The topological polar surface area (TPSA) is 58.0 Å². The van der Waals surface area contributed by atoms with Crippen LogP contribution in [-0.4, -0.2) is 21.3 Å². The van der Waals surface area contributed by atoms with Gasteiger partial charge in [0.05, 0.1) is 13.2 Å². The van der Waals surface area contributed by atoms with Gasteiger partial charge in [0, 0.05) is 11.4 Å². The quantitative estimate of drug-likeness (QED) is 0.622. The van der Waals surface area contributed by atoms with E-state index in [2.05, 4.69) is 4.98 Å². The third kappa shape index (κ3) is 1.35. The Kier molecular flexibility index (Phi) is 2.14. The van der Waals surface area contributed by atoms with Gasteiger partial charge in [0.25, 0.3) is 0 Å². The molecule has 0 aliphatic rings. The van der Waals surface area contributed by atoms with E-state index in [-0.39, 0.29) is 12.3 Å². The van der Waals surface area contributed by atoms with Crippen LogP contribution in [-0.2, 0) is 6.54 Å². The van der Waals surface area contributed by atoms with Crippen molar-refractivity contribution in [3.63, 3.8) is 0 Å². The van der Waals surface area contributed by atoms with Crippen molar-refractivity contribution in [2.45, 2.75) is 20.4 Å². The van der Waals surface area contributed by atoms with Crippen molar-refractivity contribution in [1.29, 1.82) is 0 Å². The summed E-state index contributed by atoms with van der Waals surface area (Å²) in [6.45, 7) is 4.06. The van der Waals surface area contributed by atoms with E-state index in [1.54, 1.807) is 0 Å². The van der Waals surface area contributed by atoms with Gasteiger partial charge in [-0.1, -0.05) is 0 Å². The molecule has 1 rings (SSSR count). The second-order valence-corrected chi connectivity index (χ2v) is 2.52. The maximum absolute atomic E-state index is 11.0. The molecule has 62 valence electrons. The number of imidazole rings is 1. The van der Waals surface area contributed by atoms with E-state index in [1.807, 2.05) is 13.8 Å². The van der Waals surface area contributed by atoms with Crippen molar-refractivity contribution in [2.75, 3.05) is 6.61 Å². The van der Waals surface area contributed by atoms with Gasteiger partial charge in [0.2, 0.25) is 0 Å². The summed E-state index contributed by atoms with van der Waals surface area (Å²) in [6, 6.07) is 0. The number of aryl methyl sites for hydroxylation is 1. The lowest BCUT2D eigenvalue weighted by Gasteiger charge is -1.99. The van der Waals surface area contributed by atoms with E-state index < -0.39 is 0 Å². The van der Waals surface area contributed by atoms with Gasteiger partial charge in [-0.05, 0) is 13.8 Å². The zero-order valence-electron chi connectivity index (χ0n) is 6.72. The lowest BCUT2D eigenvalue weighted by molar-refractivity contribution is 0.273. The lowest BCUT2D eigenvalue weighted by atomic mass is 10.4. The summed E-state index contributed by atoms with van der Waals surface area (Å²) >= 11 is 0. The number of nitrogens with zero attached hydrogens (tertiary/aromatic N) is 1. The fourth-order valence-electron chi connectivity index (χ4n) is 1.04. The van der Waals surface area contributed by atoms with E-state index in [1.165, 1.54) is 4.57 Å². The van der Waals surface area contributed by atoms with Crippen molar-refractivity contribution in [3.05, 3.63) is 21.9 Å². The number of H-pyrrole nitrogens is 1. The molecule has 2 N–H and O–H groups in total. The Bertz CT molecular complexity index is 298. The minimum atomic E-state index is -0.144. The Balaban J connectivity index is 3.12. The standard InChI is InChI=1S/C7H12N2O2/c1-5-6(2)9(3-4-10)7(11)8-5/h10H,3-4H2,1-2H3,(H,8,11). The van der Waals surface area contributed by atoms with Crippen LogP contribution in [0, 0.1) is 13.8 Å². The van der Waals surface area contributed by atoms with Gasteiger partial charge in [-0.15, -0.1) is 0 Å². The molecule has 0 fully saturated rings. The van der Waals surface area contributed by atoms with Gasteiger partial charge in [0.15, 0.2) is 0 Å². The SMILES string of the molecule is Cc1[nH]c(=O)n(CCO)c1C. The van der Waals surface area contributed by atoms with E-state index in [0.717, 1.165) is 11.4 Å². The van der Waals surface area contributed by atoms with Crippen molar-refractivity contribution in [1.82, 2.24) is 9.55 Å². The third-order valence-corrected chi connectivity index (χ3v) is 1.81. The molecule has 1 heterocycles. The molecule has 11 heavy (non-hydrogen) atoms. The Morgan fingerprint density at radius 3 is 2.55 bits per heavy atom. The summed E-state index contributed by atoms with van der Waals surface area (Å²) < 4.78 is 1.52. The largest absolute Gasteiger partial charge is 0.395 e. The highest BCUT2D eigenvalue weighted by atomic mass is 16.3. The Morgan fingerprint density at radius 2 is 2.18 bits per heavy atom. The van der Waals surface area contributed by atoms with Gasteiger partial charge in [-0.3, -0.25) is 4.57 Å². The van der Waals surface area contributed by atoms with Crippen molar-refractivity contribution in [3.8, 4) is 0 Å². The van der Waals surface area contributed by atoms with Gasteiger partial charge in [-0.2, -0.15) is 0 Å². The summed E-state index contributed by atoms with van der Waals surface area (Å²) in [5.41, 5.74) is 1.61. The van der Waals surface area contributed by atoms with Gasteiger partial charge in [-0.25, -0.2) is 4.79 Å². The predicted molar refractivity (Wildman–Crippen MR) is 41.6 cm³/mol. The van der Waals surface area contributed by atoms with E-state index in [9.17, 15) is 4.79 Å². The molecule has 1 aromatic heterocycles. The summed E-state index contributed by atoms with van der Waals surface area (Å²) in [4.78, 5) is 13.7.